The molecule has 3 rings (SSSR count). The van der Waals surface area contributed by atoms with E-state index in [1.54, 1.807) is 49.6 Å². The van der Waals surface area contributed by atoms with Crippen molar-refractivity contribution in [3.05, 3.63) is 63.9 Å². The van der Waals surface area contributed by atoms with Gasteiger partial charge >= 0.3 is 0 Å². The van der Waals surface area contributed by atoms with E-state index in [2.05, 4.69) is 10.3 Å². The molecule has 140 valence electrons. The molecule has 0 aliphatic carbocycles. The van der Waals surface area contributed by atoms with Crippen molar-refractivity contribution >= 4 is 40.2 Å². The smallest absolute Gasteiger partial charge is 0.266 e. The second-order valence-corrected chi connectivity index (χ2v) is 7.04. The summed E-state index contributed by atoms with van der Waals surface area (Å²) in [7, 11) is 1.57. The SMILES string of the molecule is COCCNC(=O)CSc1nc2ccccc2c(=O)n1-c1ccc(Cl)cc1. The van der Waals surface area contributed by atoms with Gasteiger partial charge in [0.05, 0.1) is 29.0 Å². The number of carbonyl (C=O) groups is 1. The van der Waals surface area contributed by atoms with Crippen molar-refractivity contribution in [2.24, 2.45) is 0 Å². The molecule has 0 fully saturated rings. The Morgan fingerprint density at radius 2 is 1.96 bits per heavy atom. The average molecular weight is 404 g/mol. The zero-order valence-electron chi connectivity index (χ0n) is 14.6. The first-order valence-electron chi connectivity index (χ1n) is 8.26. The molecule has 0 bridgehead atoms. The van der Waals surface area contributed by atoms with Crippen molar-refractivity contribution in [3.63, 3.8) is 0 Å². The number of methoxy groups -OCH3 is 1. The molecule has 0 aliphatic rings. The molecule has 0 saturated carbocycles. The largest absolute Gasteiger partial charge is 0.383 e. The van der Waals surface area contributed by atoms with Crippen LogP contribution < -0.4 is 10.9 Å². The van der Waals surface area contributed by atoms with Crippen LogP contribution in [0.5, 0.6) is 0 Å². The van der Waals surface area contributed by atoms with Gasteiger partial charge in [-0.05, 0) is 36.4 Å². The third-order valence-electron chi connectivity index (χ3n) is 3.79. The molecule has 1 heterocycles. The Hall–Kier alpha value is -2.35. The van der Waals surface area contributed by atoms with Crippen LogP contribution in [0.4, 0.5) is 0 Å². The van der Waals surface area contributed by atoms with Gasteiger partial charge in [0.1, 0.15) is 0 Å². The number of nitrogens with zero attached hydrogens (tertiary/aromatic N) is 2. The van der Waals surface area contributed by atoms with Crippen LogP contribution in [0.15, 0.2) is 58.5 Å². The lowest BCUT2D eigenvalue weighted by atomic mass is 10.2. The summed E-state index contributed by atoms with van der Waals surface area (Å²) >= 11 is 7.17. The van der Waals surface area contributed by atoms with E-state index in [9.17, 15) is 9.59 Å². The summed E-state index contributed by atoms with van der Waals surface area (Å²) in [5, 5.41) is 4.29. The highest BCUT2D eigenvalue weighted by Crippen LogP contribution is 2.22. The highest BCUT2D eigenvalue weighted by Gasteiger charge is 2.14. The first kappa shape index (κ1) is 19.4. The summed E-state index contributed by atoms with van der Waals surface area (Å²) in [4.78, 5) is 29.7. The molecular weight excluding hydrogens is 386 g/mol. The van der Waals surface area contributed by atoms with Gasteiger partial charge < -0.3 is 10.1 Å². The number of nitrogens with one attached hydrogen (secondary N) is 1. The minimum atomic E-state index is -0.190. The molecule has 0 aliphatic heterocycles. The predicted octanol–water partition coefficient (Wildman–Crippen LogP) is 2.89. The van der Waals surface area contributed by atoms with Crippen LogP contribution in [-0.4, -0.2) is 41.5 Å². The minimum Gasteiger partial charge on any atom is -0.383 e. The lowest BCUT2D eigenvalue weighted by molar-refractivity contribution is -0.118. The summed E-state index contributed by atoms with van der Waals surface area (Å²) in [5.74, 6) is -0.00986. The number of hydrogen-bond acceptors (Lipinski definition) is 5. The zero-order chi connectivity index (χ0) is 19.2. The number of halogens is 1. The number of hydrogen-bond donors (Lipinski definition) is 1. The summed E-state index contributed by atoms with van der Waals surface area (Å²) in [6.45, 7) is 0.880. The van der Waals surface area contributed by atoms with E-state index in [-0.39, 0.29) is 17.2 Å². The molecule has 0 saturated heterocycles. The predicted molar refractivity (Wildman–Crippen MR) is 108 cm³/mol. The number of amides is 1. The zero-order valence-corrected chi connectivity index (χ0v) is 16.2. The van der Waals surface area contributed by atoms with Gasteiger partial charge in [-0.15, -0.1) is 0 Å². The Kier molecular flexibility index (Phi) is 6.49. The molecule has 1 amide bonds. The van der Waals surface area contributed by atoms with E-state index in [1.165, 1.54) is 16.3 Å². The molecule has 0 unspecified atom stereocenters. The maximum absolute atomic E-state index is 13.0. The maximum atomic E-state index is 13.0. The van der Waals surface area contributed by atoms with Gasteiger partial charge in [-0.1, -0.05) is 35.5 Å². The molecule has 0 atom stereocenters. The molecule has 0 radical (unpaired) electrons. The van der Waals surface area contributed by atoms with E-state index >= 15 is 0 Å². The van der Waals surface area contributed by atoms with Gasteiger partial charge in [0.15, 0.2) is 5.16 Å². The third-order valence-corrected chi connectivity index (χ3v) is 4.98. The van der Waals surface area contributed by atoms with Crippen LogP contribution in [-0.2, 0) is 9.53 Å². The molecule has 1 aromatic heterocycles. The van der Waals surface area contributed by atoms with E-state index in [1.807, 2.05) is 6.07 Å². The Bertz CT molecular complexity index is 1010. The summed E-state index contributed by atoms with van der Waals surface area (Å²) in [6.07, 6.45) is 0. The normalized spacial score (nSPS) is 10.9. The fourth-order valence-corrected chi connectivity index (χ4v) is 3.47. The van der Waals surface area contributed by atoms with Gasteiger partial charge in [0.2, 0.25) is 5.91 Å². The Morgan fingerprint density at radius 1 is 1.22 bits per heavy atom. The number of aromatic nitrogens is 2. The van der Waals surface area contributed by atoms with Crippen LogP contribution in [0.1, 0.15) is 0 Å². The second kappa shape index (κ2) is 9.03. The minimum absolute atomic E-state index is 0.141. The van der Waals surface area contributed by atoms with Crippen LogP contribution in [0, 0.1) is 0 Å². The molecule has 6 nitrogen and oxygen atoms in total. The van der Waals surface area contributed by atoms with E-state index in [4.69, 9.17) is 16.3 Å². The topological polar surface area (TPSA) is 73.2 Å². The van der Waals surface area contributed by atoms with Gasteiger partial charge in [-0.2, -0.15) is 0 Å². The number of ether oxygens (including phenoxy) is 1. The number of carbonyl (C=O) groups excluding carboxylic acids is 1. The number of para-hydroxylation sites is 1. The number of fused-ring (bicyclic) bond motifs is 1. The Labute approximate surface area is 165 Å². The summed E-state index contributed by atoms with van der Waals surface area (Å²) in [6, 6.07) is 14.1. The molecule has 1 N–H and O–H groups in total. The van der Waals surface area contributed by atoms with Crippen molar-refractivity contribution in [3.8, 4) is 5.69 Å². The molecule has 2 aromatic carbocycles. The Morgan fingerprint density at radius 3 is 2.70 bits per heavy atom. The lowest BCUT2D eigenvalue weighted by Gasteiger charge is -2.13. The van der Waals surface area contributed by atoms with Crippen molar-refractivity contribution in [1.82, 2.24) is 14.9 Å². The van der Waals surface area contributed by atoms with E-state index < -0.39 is 0 Å². The highest BCUT2D eigenvalue weighted by atomic mass is 35.5. The number of rotatable bonds is 7. The van der Waals surface area contributed by atoms with Gasteiger partial charge in [0.25, 0.3) is 5.56 Å². The highest BCUT2D eigenvalue weighted by molar-refractivity contribution is 7.99. The van der Waals surface area contributed by atoms with Crippen molar-refractivity contribution in [1.29, 1.82) is 0 Å². The Balaban J connectivity index is 1.97. The maximum Gasteiger partial charge on any atom is 0.266 e. The molecule has 27 heavy (non-hydrogen) atoms. The molecule has 3 aromatic rings. The van der Waals surface area contributed by atoms with Crippen LogP contribution in [0.3, 0.4) is 0 Å². The van der Waals surface area contributed by atoms with Crippen LogP contribution in [0.25, 0.3) is 16.6 Å². The molecule has 0 spiro atoms. The summed E-state index contributed by atoms with van der Waals surface area (Å²) in [5.41, 5.74) is 1.05. The van der Waals surface area contributed by atoms with E-state index in [0.717, 1.165) is 0 Å². The van der Waals surface area contributed by atoms with Crippen LogP contribution in [0.2, 0.25) is 5.02 Å². The first-order valence-corrected chi connectivity index (χ1v) is 9.62. The van der Waals surface area contributed by atoms with Gasteiger partial charge in [-0.25, -0.2) is 4.98 Å². The van der Waals surface area contributed by atoms with Crippen molar-refractivity contribution in [2.75, 3.05) is 26.0 Å². The monoisotopic (exact) mass is 403 g/mol. The molecule has 8 heteroatoms. The number of benzene rings is 2. The van der Waals surface area contributed by atoms with E-state index in [0.29, 0.717) is 39.9 Å². The fourth-order valence-electron chi connectivity index (χ4n) is 2.50. The quantitative estimate of drug-likeness (QED) is 0.373. The van der Waals surface area contributed by atoms with Crippen LogP contribution >= 0.6 is 23.4 Å². The number of thioether (sulfide) groups is 1. The standard InChI is InChI=1S/C19H18ClN3O3S/c1-26-11-10-21-17(24)12-27-19-22-16-5-3-2-4-15(16)18(25)23(19)14-8-6-13(20)7-9-14/h2-9H,10-12H2,1H3,(H,21,24). The average Bonchev–Trinajstić information content (AvgIpc) is 2.68. The molecular formula is C19H18ClN3O3S. The summed E-state index contributed by atoms with van der Waals surface area (Å²) < 4.78 is 6.42. The fraction of sp³-hybridized carbons (Fsp3) is 0.211. The third kappa shape index (κ3) is 4.68. The van der Waals surface area contributed by atoms with Gasteiger partial charge in [0, 0.05) is 18.7 Å². The van der Waals surface area contributed by atoms with Gasteiger partial charge in [-0.3, -0.25) is 14.2 Å². The second-order valence-electron chi connectivity index (χ2n) is 5.66. The van der Waals surface area contributed by atoms with Crippen molar-refractivity contribution < 1.29 is 9.53 Å². The first-order chi connectivity index (χ1) is 13.1. The van der Waals surface area contributed by atoms with Crippen molar-refractivity contribution in [2.45, 2.75) is 5.16 Å². The lowest BCUT2D eigenvalue weighted by Crippen LogP contribution is -2.29.